The third-order valence-electron chi connectivity index (χ3n) is 2.28. The zero-order valence-corrected chi connectivity index (χ0v) is 9.76. The number of nitrogens with two attached hydrogens (primary N) is 1. The van der Waals surface area contributed by atoms with Gasteiger partial charge in [0.05, 0.1) is 18.0 Å². The van der Waals surface area contributed by atoms with E-state index in [0.717, 1.165) is 18.2 Å². The van der Waals surface area contributed by atoms with Crippen LogP contribution in [0.25, 0.3) is 0 Å². The first kappa shape index (κ1) is 14.0. The molecule has 0 amide bonds. The van der Waals surface area contributed by atoms with E-state index in [9.17, 15) is 19.3 Å². The topological polar surface area (TPSA) is 95.5 Å². The quantitative estimate of drug-likeness (QED) is 0.491. The van der Waals surface area contributed by atoms with Crippen molar-refractivity contribution in [1.29, 1.82) is 0 Å². The predicted molar refractivity (Wildman–Crippen MR) is 61.2 cm³/mol. The van der Waals surface area contributed by atoms with Gasteiger partial charge in [0.1, 0.15) is 5.82 Å². The van der Waals surface area contributed by atoms with E-state index in [4.69, 9.17) is 5.73 Å². The van der Waals surface area contributed by atoms with Gasteiger partial charge >= 0.3 is 5.97 Å². The highest BCUT2D eigenvalue weighted by molar-refractivity contribution is 5.70. The molecule has 0 unspecified atom stereocenters. The van der Waals surface area contributed by atoms with Crippen LogP contribution < -0.4 is 5.73 Å². The Kier molecular flexibility index (Phi) is 4.73. The van der Waals surface area contributed by atoms with Crippen molar-refractivity contribution in [1.82, 2.24) is 0 Å². The third-order valence-corrected chi connectivity index (χ3v) is 2.28. The Balaban J connectivity index is 2.96. The molecule has 0 aliphatic rings. The second-order valence-corrected chi connectivity index (χ2v) is 3.58. The first-order valence-electron chi connectivity index (χ1n) is 5.30. The van der Waals surface area contributed by atoms with E-state index in [2.05, 4.69) is 4.74 Å². The minimum absolute atomic E-state index is 0.0203. The molecule has 1 aromatic carbocycles. The zero-order chi connectivity index (χ0) is 13.7. The first-order chi connectivity index (χ1) is 8.45. The van der Waals surface area contributed by atoms with Gasteiger partial charge in [-0.25, -0.2) is 4.39 Å². The molecule has 1 atom stereocenters. The summed E-state index contributed by atoms with van der Waals surface area (Å²) in [7, 11) is 0. The van der Waals surface area contributed by atoms with E-state index in [1.807, 2.05) is 0 Å². The van der Waals surface area contributed by atoms with E-state index >= 15 is 0 Å². The fourth-order valence-electron chi connectivity index (χ4n) is 1.50. The van der Waals surface area contributed by atoms with E-state index in [1.165, 1.54) is 0 Å². The van der Waals surface area contributed by atoms with Crippen LogP contribution >= 0.6 is 0 Å². The Bertz CT molecular complexity index is 464. The average molecular weight is 256 g/mol. The van der Waals surface area contributed by atoms with Crippen molar-refractivity contribution in [2.45, 2.75) is 19.4 Å². The summed E-state index contributed by atoms with van der Waals surface area (Å²) in [6.07, 6.45) is -0.238. The molecule has 1 rings (SSSR count). The van der Waals surface area contributed by atoms with Crippen LogP contribution in [0.1, 0.15) is 24.9 Å². The number of hydrogen-bond acceptors (Lipinski definition) is 5. The van der Waals surface area contributed by atoms with Crippen molar-refractivity contribution in [3.63, 3.8) is 0 Å². The van der Waals surface area contributed by atoms with E-state index in [0.29, 0.717) is 0 Å². The molecule has 0 aliphatic heterocycles. The van der Waals surface area contributed by atoms with Crippen LogP contribution in [0.5, 0.6) is 0 Å². The molecule has 18 heavy (non-hydrogen) atoms. The van der Waals surface area contributed by atoms with Crippen molar-refractivity contribution in [2.75, 3.05) is 6.61 Å². The fraction of sp³-hybridized carbons (Fsp3) is 0.364. The summed E-state index contributed by atoms with van der Waals surface area (Å²) in [5.41, 5.74) is 5.33. The van der Waals surface area contributed by atoms with Gasteiger partial charge in [-0.2, -0.15) is 0 Å². The number of ether oxygens (including phenoxy) is 1. The van der Waals surface area contributed by atoms with E-state index < -0.39 is 22.8 Å². The molecule has 0 fully saturated rings. The van der Waals surface area contributed by atoms with Crippen molar-refractivity contribution in [3.05, 3.63) is 39.7 Å². The molecule has 7 heteroatoms. The molecule has 0 aliphatic carbocycles. The Labute approximate surface area is 103 Å². The molecule has 1 aromatic rings. The molecular weight excluding hydrogens is 243 g/mol. The maximum atomic E-state index is 13.1. The van der Waals surface area contributed by atoms with Gasteiger partial charge in [0.15, 0.2) is 0 Å². The summed E-state index contributed by atoms with van der Waals surface area (Å²) < 4.78 is 17.7. The van der Waals surface area contributed by atoms with Gasteiger partial charge in [0, 0.05) is 17.7 Å². The van der Waals surface area contributed by atoms with Crippen LogP contribution in [-0.4, -0.2) is 17.5 Å². The molecular formula is C11H13FN2O4. The molecule has 6 nitrogen and oxygen atoms in total. The van der Waals surface area contributed by atoms with Crippen molar-refractivity contribution in [3.8, 4) is 0 Å². The molecule has 0 bridgehead atoms. The fourth-order valence-corrected chi connectivity index (χ4v) is 1.50. The van der Waals surface area contributed by atoms with Gasteiger partial charge in [-0.15, -0.1) is 0 Å². The lowest BCUT2D eigenvalue weighted by atomic mass is 10.0. The minimum Gasteiger partial charge on any atom is -0.466 e. The van der Waals surface area contributed by atoms with Gasteiger partial charge in [-0.1, -0.05) is 0 Å². The van der Waals surface area contributed by atoms with E-state index in [-0.39, 0.29) is 24.3 Å². The van der Waals surface area contributed by atoms with Crippen LogP contribution in [0.15, 0.2) is 18.2 Å². The normalized spacial score (nSPS) is 11.9. The number of carbonyl (C=O) groups excluding carboxylic acids is 1. The smallest absolute Gasteiger partial charge is 0.307 e. The molecule has 0 radical (unpaired) electrons. The summed E-state index contributed by atoms with van der Waals surface area (Å²) in [4.78, 5) is 21.3. The summed E-state index contributed by atoms with van der Waals surface area (Å²) in [6, 6.07) is 1.98. The standard InChI is InChI=1S/C11H13FN2O4/c1-2-18-11(15)6-9(13)8-5-7(12)3-4-10(8)14(16)17/h3-5,9H,2,6,13H2,1H3/t9-/m0/s1. The molecule has 0 heterocycles. The van der Waals surface area contributed by atoms with E-state index in [1.54, 1.807) is 6.92 Å². The summed E-state index contributed by atoms with van der Waals surface area (Å²) in [5.74, 6) is -1.22. The maximum Gasteiger partial charge on any atom is 0.307 e. The first-order valence-corrected chi connectivity index (χ1v) is 5.30. The lowest BCUT2D eigenvalue weighted by Crippen LogP contribution is -2.18. The predicted octanol–water partition coefficient (Wildman–Crippen LogP) is 1.69. The van der Waals surface area contributed by atoms with Gasteiger partial charge < -0.3 is 10.5 Å². The highest BCUT2D eigenvalue weighted by Crippen LogP contribution is 2.26. The minimum atomic E-state index is -0.972. The average Bonchev–Trinajstić information content (AvgIpc) is 2.28. The van der Waals surface area contributed by atoms with Crippen LogP contribution in [0.3, 0.4) is 0 Å². The lowest BCUT2D eigenvalue weighted by molar-refractivity contribution is -0.385. The summed E-state index contributed by atoms with van der Waals surface area (Å²) in [6.45, 7) is 1.82. The van der Waals surface area contributed by atoms with Gasteiger partial charge in [-0.3, -0.25) is 14.9 Å². The zero-order valence-electron chi connectivity index (χ0n) is 9.76. The molecule has 0 spiro atoms. The monoisotopic (exact) mass is 256 g/mol. The van der Waals surface area contributed by atoms with Gasteiger partial charge in [0.2, 0.25) is 0 Å². The second-order valence-electron chi connectivity index (χ2n) is 3.58. The molecule has 0 aromatic heterocycles. The number of benzene rings is 1. The van der Waals surface area contributed by atoms with Crippen LogP contribution in [0.2, 0.25) is 0 Å². The lowest BCUT2D eigenvalue weighted by Gasteiger charge is -2.11. The summed E-state index contributed by atoms with van der Waals surface area (Å²) in [5, 5.41) is 10.8. The third kappa shape index (κ3) is 3.49. The van der Waals surface area contributed by atoms with Crippen LogP contribution in [0, 0.1) is 15.9 Å². The highest BCUT2D eigenvalue weighted by Gasteiger charge is 2.22. The second kappa shape index (κ2) is 6.06. The SMILES string of the molecule is CCOC(=O)C[C@H](N)c1cc(F)ccc1[N+](=O)[O-]. The van der Waals surface area contributed by atoms with Crippen molar-refractivity contribution >= 4 is 11.7 Å². The van der Waals surface area contributed by atoms with Crippen molar-refractivity contribution < 1.29 is 18.8 Å². The Morgan fingerprint density at radius 3 is 2.83 bits per heavy atom. The number of halogens is 1. The largest absolute Gasteiger partial charge is 0.466 e. The Morgan fingerprint density at radius 2 is 2.28 bits per heavy atom. The maximum absolute atomic E-state index is 13.1. The number of nitrogens with zero attached hydrogens (tertiary/aromatic N) is 1. The molecule has 2 N–H and O–H groups in total. The van der Waals surface area contributed by atoms with Gasteiger partial charge in [0.25, 0.3) is 5.69 Å². The number of carbonyl (C=O) groups is 1. The number of rotatable bonds is 5. The Morgan fingerprint density at radius 1 is 1.61 bits per heavy atom. The number of nitro benzene ring substituents is 1. The summed E-state index contributed by atoms with van der Waals surface area (Å²) >= 11 is 0. The number of nitro groups is 1. The van der Waals surface area contributed by atoms with Gasteiger partial charge in [-0.05, 0) is 19.1 Å². The van der Waals surface area contributed by atoms with Crippen molar-refractivity contribution in [2.24, 2.45) is 5.73 Å². The van der Waals surface area contributed by atoms with Crippen LogP contribution in [-0.2, 0) is 9.53 Å². The molecule has 0 saturated carbocycles. The van der Waals surface area contributed by atoms with Crippen LogP contribution in [0.4, 0.5) is 10.1 Å². The molecule has 98 valence electrons. The molecule has 0 saturated heterocycles. The Hall–Kier alpha value is -2.02. The number of hydrogen-bond donors (Lipinski definition) is 1. The highest BCUT2D eigenvalue weighted by atomic mass is 19.1. The number of esters is 1.